The topological polar surface area (TPSA) is 75.2 Å². The molecule has 6 heteroatoms. The highest BCUT2D eigenvalue weighted by Gasteiger charge is 2.04. The number of hydrogen-bond acceptors (Lipinski definition) is 3. The number of halogens is 1. The molecule has 0 unspecified atom stereocenters. The molecular weight excluding hydrogens is 232 g/mol. The van der Waals surface area contributed by atoms with Gasteiger partial charge in [0.15, 0.2) is 0 Å². The predicted octanol–water partition coefficient (Wildman–Crippen LogP) is 1.82. The van der Waals surface area contributed by atoms with Gasteiger partial charge in [0.05, 0.1) is 11.0 Å². The molecule has 0 atom stereocenters. The monoisotopic (exact) mass is 240 g/mol. The second-order valence-corrected chi connectivity index (χ2v) is 3.67. The number of H-pyrrole nitrogens is 1. The number of aromatic nitrogens is 2. The highest BCUT2D eigenvalue weighted by atomic mass is 35.5. The summed E-state index contributed by atoms with van der Waals surface area (Å²) in [7, 11) is 0. The zero-order chi connectivity index (χ0) is 11.5. The number of aromatic amines is 1. The van der Waals surface area contributed by atoms with Crippen molar-refractivity contribution in [1.82, 2.24) is 9.97 Å². The summed E-state index contributed by atoms with van der Waals surface area (Å²) in [5.74, 6) is -0.419. The van der Waals surface area contributed by atoms with Crippen molar-refractivity contribution < 1.29 is 14.6 Å². The summed E-state index contributed by atoms with van der Waals surface area (Å²) in [6.07, 6.45) is 0. The van der Waals surface area contributed by atoms with Crippen molar-refractivity contribution in [2.45, 2.75) is 6.61 Å². The Morgan fingerprint density at radius 2 is 2.38 bits per heavy atom. The van der Waals surface area contributed by atoms with Crippen molar-refractivity contribution in [1.29, 1.82) is 0 Å². The van der Waals surface area contributed by atoms with Gasteiger partial charge in [-0.1, -0.05) is 11.6 Å². The van der Waals surface area contributed by atoms with Crippen LogP contribution in [0.3, 0.4) is 0 Å². The molecule has 0 spiro atoms. The SMILES string of the molecule is O=C(O)COCc1nc2ccc(Cl)cc2[nH]1. The van der Waals surface area contributed by atoms with Crippen molar-refractivity contribution in [3.8, 4) is 0 Å². The molecule has 1 heterocycles. The van der Waals surface area contributed by atoms with Gasteiger partial charge in [0.1, 0.15) is 19.0 Å². The van der Waals surface area contributed by atoms with Gasteiger partial charge in [-0.15, -0.1) is 0 Å². The number of fused-ring (bicyclic) bond motifs is 1. The van der Waals surface area contributed by atoms with Gasteiger partial charge in [0.25, 0.3) is 0 Å². The van der Waals surface area contributed by atoms with E-state index in [1.54, 1.807) is 18.2 Å². The van der Waals surface area contributed by atoms with Gasteiger partial charge in [-0.2, -0.15) is 0 Å². The number of hydrogen-bond donors (Lipinski definition) is 2. The number of ether oxygens (including phenoxy) is 1. The van der Waals surface area contributed by atoms with Crippen LogP contribution >= 0.6 is 11.6 Å². The molecule has 0 radical (unpaired) electrons. The highest BCUT2D eigenvalue weighted by molar-refractivity contribution is 6.31. The fraction of sp³-hybridized carbons (Fsp3) is 0.200. The predicted molar refractivity (Wildman–Crippen MR) is 58.4 cm³/mol. The molecule has 2 rings (SSSR count). The smallest absolute Gasteiger partial charge is 0.329 e. The number of imidazole rings is 1. The molecule has 0 bridgehead atoms. The number of carbonyl (C=O) groups is 1. The van der Waals surface area contributed by atoms with Gasteiger partial charge < -0.3 is 14.8 Å². The van der Waals surface area contributed by atoms with E-state index in [0.29, 0.717) is 10.8 Å². The Labute approximate surface area is 96.0 Å². The molecule has 2 N–H and O–H groups in total. The maximum atomic E-state index is 10.2. The van der Waals surface area contributed by atoms with E-state index in [-0.39, 0.29) is 13.2 Å². The van der Waals surface area contributed by atoms with E-state index < -0.39 is 5.97 Å². The fourth-order valence-electron chi connectivity index (χ4n) is 1.34. The van der Waals surface area contributed by atoms with E-state index in [0.717, 1.165) is 11.0 Å². The first-order valence-corrected chi connectivity index (χ1v) is 4.96. The van der Waals surface area contributed by atoms with Crippen molar-refractivity contribution in [3.63, 3.8) is 0 Å². The van der Waals surface area contributed by atoms with Crippen LogP contribution in [0.5, 0.6) is 0 Å². The molecule has 1 aromatic carbocycles. The van der Waals surface area contributed by atoms with Gasteiger partial charge in [0.2, 0.25) is 0 Å². The fourth-order valence-corrected chi connectivity index (χ4v) is 1.51. The summed E-state index contributed by atoms with van der Waals surface area (Å²) in [4.78, 5) is 17.4. The average molecular weight is 241 g/mol. The van der Waals surface area contributed by atoms with Crippen molar-refractivity contribution in [3.05, 3.63) is 29.0 Å². The molecule has 2 aromatic rings. The van der Waals surface area contributed by atoms with Crippen molar-refractivity contribution >= 4 is 28.6 Å². The van der Waals surface area contributed by atoms with Crippen LogP contribution in [0.1, 0.15) is 5.82 Å². The summed E-state index contributed by atoms with van der Waals surface area (Å²) >= 11 is 5.82. The molecular formula is C10H9ClN2O3. The third kappa shape index (κ3) is 2.50. The third-order valence-corrected chi connectivity index (χ3v) is 2.19. The number of carboxylic acids is 1. The molecule has 0 amide bonds. The number of carboxylic acid groups (broad SMARTS) is 1. The number of rotatable bonds is 4. The van der Waals surface area contributed by atoms with Crippen LogP contribution < -0.4 is 0 Å². The lowest BCUT2D eigenvalue weighted by molar-refractivity contribution is -0.142. The number of nitrogens with zero attached hydrogens (tertiary/aromatic N) is 1. The maximum absolute atomic E-state index is 10.2. The van der Waals surface area contributed by atoms with Crippen LogP contribution in [0.2, 0.25) is 5.02 Å². The van der Waals surface area contributed by atoms with Gasteiger partial charge >= 0.3 is 5.97 Å². The number of aliphatic carboxylic acids is 1. The first-order chi connectivity index (χ1) is 7.65. The Hall–Kier alpha value is -1.59. The van der Waals surface area contributed by atoms with E-state index in [1.165, 1.54) is 0 Å². The molecule has 0 aliphatic carbocycles. The normalized spacial score (nSPS) is 10.8. The lowest BCUT2D eigenvalue weighted by atomic mass is 10.3. The number of nitrogens with one attached hydrogen (secondary N) is 1. The molecule has 0 aliphatic rings. The molecule has 0 saturated heterocycles. The second-order valence-electron chi connectivity index (χ2n) is 3.23. The van der Waals surface area contributed by atoms with Crippen LogP contribution in [0.4, 0.5) is 0 Å². The average Bonchev–Trinajstić information content (AvgIpc) is 2.58. The minimum atomic E-state index is -1.00. The zero-order valence-corrected chi connectivity index (χ0v) is 8.99. The lowest BCUT2D eigenvalue weighted by Gasteiger charge is -1.96. The quantitative estimate of drug-likeness (QED) is 0.855. The van der Waals surface area contributed by atoms with E-state index in [1.807, 2.05) is 0 Å². The van der Waals surface area contributed by atoms with Crippen molar-refractivity contribution in [2.75, 3.05) is 6.61 Å². The molecule has 0 saturated carbocycles. The highest BCUT2D eigenvalue weighted by Crippen LogP contribution is 2.17. The number of benzene rings is 1. The van der Waals surface area contributed by atoms with E-state index in [2.05, 4.69) is 9.97 Å². The van der Waals surface area contributed by atoms with Crippen LogP contribution in [-0.2, 0) is 16.1 Å². The van der Waals surface area contributed by atoms with Crippen molar-refractivity contribution in [2.24, 2.45) is 0 Å². The Bertz CT molecular complexity index is 524. The summed E-state index contributed by atoms with van der Waals surface area (Å²) in [6.45, 7) is -0.198. The van der Waals surface area contributed by atoms with E-state index >= 15 is 0 Å². The summed E-state index contributed by atoms with van der Waals surface area (Å²) in [5.41, 5.74) is 1.58. The first kappa shape index (κ1) is 10.9. The summed E-state index contributed by atoms with van der Waals surface area (Å²) in [5, 5.41) is 9.01. The second kappa shape index (κ2) is 4.51. The molecule has 0 aliphatic heterocycles. The molecule has 16 heavy (non-hydrogen) atoms. The van der Waals surface area contributed by atoms with Gasteiger partial charge in [-0.05, 0) is 18.2 Å². The molecule has 84 valence electrons. The van der Waals surface area contributed by atoms with Crippen LogP contribution in [0.25, 0.3) is 11.0 Å². The Morgan fingerprint density at radius 3 is 3.12 bits per heavy atom. The van der Waals surface area contributed by atoms with Crippen LogP contribution in [-0.4, -0.2) is 27.7 Å². The third-order valence-electron chi connectivity index (χ3n) is 1.96. The van der Waals surface area contributed by atoms with Crippen LogP contribution in [0.15, 0.2) is 18.2 Å². The molecule has 5 nitrogen and oxygen atoms in total. The summed E-state index contributed by atoms with van der Waals surface area (Å²) < 4.78 is 4.91. The van der Waals surface area contributed by atoms with Gasteiger partial charge in [0, 0.05) is 5.02 Å². The van der Waals surface area contributed by atoms with Gasteiger partial charge in [-0.25, -0.2) is 9.78 Å². The Balaban J connectivity index is 2.10. The van der Waals surface area contributed by atoms with Crippen LogP contribution in [0, 0.1) is 0 Å². The molecule has 1 aromatic heterocycles. The van der Waals surface area contributed by atoms with E-state index in [4.69, 9.17) is 21.4 Å². The Morgan fingerprint density at radius 1 is 1.56 bits per heavy atom. The Kier molecular flexibility index (Phi) is 3.07. The van der Waals surface area contributed by atoms with E-state index in [9.17, 15) is 4.79 Å². The first-order valence-electron chi connectivity index (χ1n) is 4.59. The minimum Gasteiger partial charge on any atom is -0.480 e. The van der Waals surface area contributed by atoms with Gasteiger partial charge in [-0.3, -0.25) is 0 Å². The minimum absolute atomic E-state index is 0.137. The zero-order valence-electron chi connectivity index (χ0n) is 8.24. The standard InChI is InChI=1S/C10H9ClN2O3/c11-6-1-2-7-8(3-6)13-9(12-7)4-16-5-10(14)15/h1-3H,4-5H2,(H,12,13)(H,14,15). The molecule has 0 fully saturated rings. The maximum Gasteiger partial charge on any atom is 0.329 e. The largest absolute Gasteiger partial charge is 0.480 e. The summed E-state index contributed by atoms with van der Waals surface area (Å²) in [6, 6.07) is 5.28. The lowest BCUT2D eigenvalue weighted by Crippen LogP contribution is -2.07.